The number of carboxylic acids is 1. The molecule has 0 aliphatic heterocycles. The number of nitro groups is 1. The van der Waals surface area contributed by atoms with Crippen molar-refractivity contribution in [2.45, 2.75) is 0 Å². The highest BCUT2D eigenvalue weighted by molar-refractivity contribution is 5.97. The van der Waals surface area contributed by atoms with Crippen molar-refractivity contribution in [1.82, 2.24) is 0 Å². The quantitative estimate of drug-likeness (QED) is 0.580. The summed E-state index contributed by atoms with van der Waals surface area (Å²) < 4.78 is 0. The van der Waals surface area contributed by atoms with Gasteiger partial charge in [0, 0.05) is 19.7 Å². The molecule has 92 valence electrons. The number of aliphatic hydroxyl groups excluding tert-OH is 1. The van der Waals surface area contributed by atoms with Crippen molar-refractivity contribution in [2.75, 3.05) is 25.1 Å². The fourth-order valence-corrected chi connectivity index (χ4v) is 1.51. The standard InChI is InChI=1S/C10H12N2O5/c1-11(5-6-13)9-7(10(14)15)3-2-4-8(9)12(16)17/h2-4,13H,5-6H2,1H3,(H,14,15). The van der Waals surface area contributed by atoms with Crippen molar-refractivity contribution in [1.29, 1.82) is 0 Å². The number of aromatic carboxylic acids is 1. The lowest BCUT2D eigenvalue weighted by Gasteiger charge is -2.19. The van der Waals surface area contributed by atoms with Crippen LogP contribution in [0.2, 0.25) is 0 Å². The van der Waals surface area contributed by atoms with Gasteiger partial charge in [-0.1, -0.05) is 6.07 Å². The second kappa shape index (κ2) is 5.26. The van der Waals surface area contributed by atoms with Crippen molar-refractivity contribution < 1.29 is 19.9 Å². The number of nitrogens with zero attached hydrogens (tertiary/aromatic N) is 2. The van der Waals surface area contributed by atoms with Gasteiger partial charge in [-0.15, -0.1) is 0 Å². The summed E-state index contributed by atoms with van der Waals surface area (Å²) in [4.78, 5) is 22.5. The maximum Gasteiger partial charge on any atom is 0.338 e. The Bertz CT molecular complexity index is 414. The Balaban J connectivity index is 3.38. The molecule has 0 spiro atoms. The number of anilines is 1. The first-order valence-electron chi connectivity index (χ1n) is 4.81. The second-order valence-electron chi connectivity index (χ2n) is 3.38. The van der Waals surface area contributed by atoms with E-state index in [1.807, 2.05) is 0 Å². The zero-order valence-electron chi connectivity index (χ0n) is 9.16. The van der Waals surface area contributed by atoms with Crippen LogP contribution in [0.15, 0.2) is 18.2 Å². The number of hydrogen-bond acceptors (Lipinski definition) is 5. The summed E-state index contributed by atoms with van der Waals surface area (Å²) in [7, 11) is 1.49. The van der Waals surface area contributed by atoms with E-state index in [-0.39, 0.29) is 30.1 Å². The van der Waals surface area contributed by atoms with Gasteiger partial charge in [-0.25, -0.2) is 4.79 Å². The van der Waals surface area contributed by atoms with Gasteiger partial charge in [0.05, 0.1) is 17.1 Å². The average molecular weight is 240 g/mol. The summed E-state index contributed by atoms with van der Waals surface area (Å²) in [5, 5.41) is 28.6. The van der Waals surface area contributed by atoms with Crippen LogP contribution in [-0.4, -0.2) is 41.3 Å². The van der Waals surface area contributed by atoms with E-state index in [1.54, 1.807) is 0 Å². The van der Waals surface area contributed by atoms with E-state index in [2.05, 4.69) is 0 Å². The first-order valence-corrected chi connectivity index (χ1v) is 4.81. The van der Waals surface area contributed by atoms with Gasteiger partial charge in [0.25, 0.3) is 5.69 Å². The smallest absolute Gasteiger partial charge is 0.338 e. The molecular formula is C10H12N2O5. The molecule has 0 radical (unpaired) electrons. The molecule has 0 saturated heterocycles. The van der Waals surface area contributed by atoms with Crippen LogP contribution < -0.4 is 4.90 Å². The Hall–Kier alpha value is -2.15. The summed E-state index contributed by atoms with van der Waals surface area (Å²) in [5.41, 5.74) is -0.449. The van der Waals surface area contributed by atoms with Crippen LogP contribution in [0.3, 0.4) is 0 Å². The first kappa shape index (κ1) is 12.9. The van der Waals surface area contributed by atoms with Gasteiger partial charge in [-0.3, -0.25) is 10.1 Å². The van der Waals surface area contributed by atoms with E-state index in [9.17, 15) is 14.9 Å². The van der Waals surface area contributed by atoms with Crippen molar-refractivity contribution >= 4 is 17.3 Å². The highest BCUT2D eigenvalue weighted by Crippen LogP contribution is 2.31. The molecule has 1 rings (SSSR count). The zero-order chi connectivity index (χ0) is 13.0. The Morgan fingerprint density at radius 3 is 2.65 bits per heavy atom. The number of likely N-dealkylation sites (N-methyl/N-ethyl adjacent to an activating group) is 1. The lowest BCUT2D eigenvalue weighted by atomic mass is 10.1. The molecule has 0 atom stereocenters. The van der Waals surface area contributed by atoms with Crippen LogP contribution in [0.1, 0.15) is 10.4 Å². The molecule has 1 aromatic rings. The molecule has 0 heterocycles. The molecule has 7 nitrogen and oxygen atoms in total. The van der Waals surface area contributed by atoms with Gasteiger partial charge in [0.2, 0.25) is 0 Å². The third kappa shape index (κ3) is 2.70. The van der Waals surface area contributed by atoms with Gasteiger partial charge in [0.1, 0.15) is 5.69 Å². The molecule has 1 aromatic carbocycles. The van der Waals surface area contributed by atoms with Crippen LogP contribution in [0, 0.1) is 10.1 Å². The van der Waals surface area contributed by atoms with Crippen molar-refractivity contribution in [3.63, 3.8) is 0 Å². The van der Waals surface area contributed by atoms with Crippen LogP contribution in [-0.2, 0) is 0 Å². The molecule has 0 bridgehead atoms. The number of nitro benzene ring substituents is 1. The van der Waals surface area contributed by atoms with Crippen LogP contribution >= 0.6 is 0 Å². The summed E-state index contributed by atoms with van der Waals surface area (Å²) in [6.45, 7) is -0.104. The molecule has 2 N–H and O–H groups in total. The topological polar surface area (TPSA) is 104 Å². The minimum atomic E-state index is -1.24. The third-order valence-corrected chi connectivity index (χ3v) is 2.26. The minimum Gasteiger partial charge on any atom is -0.478 e. The SMILES string of the molecule is CN(CCO)c1c(C(=O)O)cccc1[N+](=O)[O-]. The molecule has 0 aromatic heterocycles. The normalized spacial score (nSPS) is 10.0. The number of hydrogen-bond donors (Lipinski definition) is 2. The zero-order valence-corrected chi connectivity index (χ0v) is 9.16. The minimum absolute atomic E-state index is 0.000880. The molecular weight excluding hydrogens is 228 g/mol. The number of carboxylic acid groups (broad SMARTS) is 1. The summed E-state index contributed by atoms with van der Waals surface area (Å²) in [5.74, 6) is -1.24. The summed E-state index contributed by atoms with van der Waals surface area (Å²) in [6.07, 6.45) is 0. The number of aliphatic hydroxyl groups is 1. The van der Waals surface area contributed by atoms with E-state index in [0.717, 1.165) is 0 Å². The van der Waals surface area contributed by atoms with Crippen molar-refractivity contribution in [2.24, 2.45) is 0 Å². The first-order chi connectivity index (χ1) is 7.99. The van der Waals surface area contributed by atoms with E-state index in [4.69, 9.17) is 10.2 Å². The molecule has 0 aliphatic carbocycles. The van der Waals surface area contributed by atoms with Gasteiger partial charge >= 0.3 is 5.97 Å². The van der Waals surface area contributed by atoms with E-state index in [1.165, 1.54) is 30.1 Å². The van der Waals surface area contributed by atoms with Gasteiger partial charge in [-0.2, -0.15) is 0 Å². The number of para-hydroxylation sites is 1. The van der Waals surface area contributed by atoms with Gasteiger partial charge in [0.15, 0.2) is 0 Å². The highest BCUT2D eigenvalue weighted by Gasteiger charge is 2.23. The molecule has 0 unspecified atom stereocenters. The lowest BCUT2D eigenvalue weighted by molar-refractivity contribution is -0.384. The van der Waals surface area contributed by atoms with Gasteiger partial charge in [-0.05, 0) is 6.07 Å². The summed E-state index contributed by atoms with van der Waals surface area (Å²) >= 11 is 0. The Morgan fingerprint density at radius 1 is 1.53 bits per heavy atom. The molecule has 0 aliphatic rings. The molecule has 0 fully saturated rings. The fraction of sp³-hybridized carbons (Fsp3) is 0.300. The number of benzene rings is 1. The molecule has 17 heavy (non-hydrogen) atoms. The third-order valence-electron chi connectivity index (χ3n) is 2.26. The highest BCUT2D eigenvalue weighted by atomic mass is 16.6. The molecule has 0 saturated carbocycles. The lowest BCUT2D eigenvalue weighted by Crippen LogP contribution is -2.24. The van der Waals surface area contributed by atoms with E-state index >= 15 is 0 Å². The fourth-order valence-electron chi connectivity index (χ4n) is 1.51. The Morgan fingerprint density at radius 2 is 2.18 bits per heavy atom. The van der Waals surface area contributed by atoms with Crippen LogP contribution in [0.4, 0.5) is 11.4 Å². The number of rotatable bonds is 5. The van der Waals surface area contributed by atoms with E-state index in [0.29, 0.717) is 0 Å². The monoisotopic (exact) mass is 240 g/mol. The van der Waals surface area contributed by atoms with Crippen molar-refractivity contribution in [3.8, 4) is 0 Å². The largest absolute Gasteiger partial charge is 0.478 e. The Kier molecular flexibility index (Phi) is 4.00. The van der Waals surface area contributed by atoms with Crippen molar-refractivity contribution in [3.05, 3.63) is 33.9 Å². The van der Waals surface area contributed by atoms with Gasteiger partial charge < -0.3 is 15.1 Å². The maximum atomic E-state index is 11.0. The second-order valence-corrected chi connectivity index (χ2v) is 3.38. The number of carbonyl (C=O) groups is 1. The maximum absolute atomic E-state index is 11.0. The van der Waals surface area contributed by atoms with E-state index < -0.39 is 10.9 Å². The Labute approximate surface area is 97.1 Å². The average Bonchev–Trinajstić information content (AvgIpc) is 2.28. The predicted molar refractivity (Wildman–Crippen MR) is 60.4 cm³/mol. The van der Waals surface area contributed by atoms with Crippen LogP contribution in [0.5, 0.6) is 0 Å². The summed E-state index contributed by atoms with van der Waals surface area (Å²) in [6, 6.07) is 3.84. The van der Waals surface area contributed by atoms with Crippen LogP contribution in [0.25, 0.3) is 0 Å². The molecule has 0 amide bonds. The molecule has 7 heteroatoms. The predicted octanol–water partition coefficient (Wildman–Crippen LogP) is 0.721.